The van der Waals surface area contributed by atoms with E-state index in [1.165, 1.54) is 0 Å². The van der Waals surface area contributed by atoms with Crippen molar-refractivity contribution in [2.45, 2.75) is 31.3 Å². The molecule has 4 atom stereocenters. The highest BCUT2D eigenvalue weighted by molar-refractivity contribution is 5.81. The van der Waals surface area contributed by atoms with Gasteiger partial charge in [0, 0.05) is 0 Å². The zero-order valence-electron chi connectivity index (χ0n) is 8.32. The number of aliphatic hydroxyl groups is 4. The Morgan fingerprint density at radius 1 is 1.00 bits per heavy atom. The van der Waals surface area contributed by atoms with Crippen LogP contribution in [0.15, 0.2) is 0 Å². The molecule has 0 aliphatic carbocycles. The first-order valence-corrected chi connectivity index (χ1v) is 4.13. The molecule has 0 rings (SSSR count). The fraction of sp³-hybridized carbons (Fsp3) is 0.750. The van der Waals surface area contributed by atoms with Crippen LogP contribution in [0.25, 0.3) is 0 Å². The lowest BCUT2D eigenvalue weighted by atomic mass is 10.0. The molecular weight excluding hydrogens is 208 g/mol. The van der Waals surface area contributed by atoms with Crippen molar-refractivity contribution in [2.24, 2.45) is 0 Å². The van der Waals surface area contributed by atoms with Crippen LogP contribution in [0.4, 0.5) is 0 Å². The van der Waals surface area contributed by atoms with Crippen LogP contribution in [0.3, 0.4) is 0 Å². The quantitative estimate of drug-likeness (QED) is 0.370. The summed E-state index contributed by atoms with van der Waals surface area (Å²) in [4.78, 5) is 21.4. The van der Waals surface area contributed by atoms with Crippen LogP contribution in [-0.4, -0.2) is 63.7 Å². The molecule has 0 fully saturated rings. The molecule has 0 radical (unpaired) electrons. The van der Waals surface area contributed by atoms with E-state index in [1.807, 2.05) is 0 Å². The molecule has 4 N–H and O–H groups in total. The molecule has 88 valence electrons. The summed E-state index contributed by atoms with van der Waals surface area (Å²) in [7, 11) is 0.978. The van der Waals surface area contributed by atoms with E-state index >= 15 is 0 Å². The van der Waals surface area contributed by atoms with E-state index in [0.717, 1.165) is 14.0 Å². The first kappa shape index (κ1) is 14.0. The molecule has 0 unspecified atom stereocenters. The van der Waals surface area contributed by atoms with Gasteiger partial charge in [0.25, 0.3) is 0 Å². The fourth-order valence-electron chi connectivity index (χ4n) is 0.874. The van der Waals surface area contributed by atoms with Gasteiger partial charge in [-0.2, -0.15) is 0 Å². The Bertz CT molecular complexity index is 239. The molecule has 0 aromatic carbocycles. The first-order chi connectivity index (χ1) is 6.82. The van der Waals surface area contributed by atoms with Gasteiger partial charge in [-0.3, -0.25) is 4.79 Å². The Morgan fingerprint density at radius 2 is 1.40 bits per heavy atom. The number of carbonyl (C=O) groups is 2. The molecule has 0 amide bonds. The van der Waals surface area contributed by atoms with E-state index in [0.29, 0.717) is 0 Å². The Kier molecular flexibility index (Phi) is 5.37. The number of hydrogen-bond donors (Lipinski definition) is 4. The van der Waals surface area contributed by atoms with Gasteiger partial charge >= 0.3 is 5.97 Å². The molecule has 7 heteroatoms. The fourth-order valence-corrected chi connectivity index (χ4v) is 0.874. The third kappa shape index (κ3) is 3.56. The maximum atomic E-state index is 10.7. The van der Waals surface area contributed by atoms with Crippen LogP contribution < -0.4 is 0 Å². The van der Waals surface area contributed by atoms with Crippen molar-refractivity contribution in [1.29, 1.82) is 0 Å². The summed E-state index contributed by atoms with van der Waals surface area (Å²) in [6.45, 7) is 0.991. The van der Waals surface area contributed by atoms with E-state index in [9.17, 15) is 19.8 Å². The Labute approximate surface area is 85.9 Å². The number of Topliss-reactive ketones (excluding diaryl/α,β-unsaturated/α-hetero) is 1. The van der Waals surface area contributed by atoms with Gasteiger partial charge in [-0.1, -0.05) is 0 Å². The molecule has 0 spiro atoms. The molecule has 0 aliphatic rings. The number of carbonyl (C=O) groups excluding carboxylic acids is 2. The number of ether oxygens (including phenoxy) is 1. The Morgan fingerprint density at radius 3 is 1.73 bits per heavy atom. The minimum Gasteiger partial charge on any atom is -0.467 e. The van der Waals surface area contributed by atoms with Gasteiger partial charge in [0.1, 0.15) is 18.3 Å². The number of aliphatic hydroxyl groups excluding tert-OH is 4. The molecule has 0 bridgehead atoms. The molecule has 7 nitrogen and oxygen atoms in total. The Balaban J connectivity index is 4.49. The van der Waals surface area contributed by atoms with Gasteiger partial charge in [0.05, 0.1) is 7.11 Å². The second-order valence-electron chi connectivity index (χ2n) is 3.00. The van der Waals surface area contributed by atoms with Crippen molar-refractivity contribution in [3.05, 3.63) is 0 Å². The van der Waals surface area contributed by atoms with Crippen LogP contribution >= 0.6 is 0 Å². The normalized spacial score (nSPS) is 18.8. The summed E-state index contributed by atoms with van der Waals surface area (Å²) in [6.07, 6.45) is -7.81. The van der Waals surface area contributed by atoms with E-state index in [2.05, 4.69) is 4.74 Å². The highest BCUT2D eigenvalue weighted by atomic mass is 16.5. The minimum absolute atomic E-state index is 0.793. The van der Waals surface area contributed by atoms with Gasteiger partial charge in [0.2, 0.25) is 0 Å². The topological polar surface area (TPSA) is 124 Å². The summed E-state index contributed by atoms with van der Waals surface area (Å²) in [5.74, 6) is -1.96. The predicted octanol–water partition coefficient (Wildman–Crippen LogP) is -2.81. The lowest BCUT2D eigenvalue weighted by Crippen LogP contribution is -2.49. The third-order valence-electron chi connectivity index (χ3n) is 1.86. The number of hydrogen-bond acceptors (Lipinski definition) is 7. The van der Waals surface area contributed by atoms with Crippen LogP contribution in [0, 0.1) is 0 Å². The summed E-state index contributed by atoms with van der Waals surface area (Å²) in [5, 5.41) is 36.5. The summed E-state index contributed by atoms with van der Waals surface area (Å²) >= 11 is 0. The standard InChI is InChI=1S/C8H14O7/c1-3(9)4(10)5(11)6(12)7(13)8(14)15-2/h4-7,10-13H,1-2H3/t4-,5+,6+,7-/m1/s1. The summed E-state index contributed by atoms with van der Waals surface area (Å²) in [6, 6.07) is 0. The van der Waals surface area contributed by atoms with Gasteiger partial charge in [0.15, 0.2) is 11.9 Å². The SMILES string of the molecule is COC(=O)[C@H](O)[C@@H](O)[C@@H](O)[C@H](O)C(C)=O. The average Bonchev–Trinajstić information content (AvgIpc) is 2.23. The molecular formula is C8H14O7. The zero-order valence-corrected chi connectivity index (χ0v) is 8.32. The predicted molar refractivity (Wildman–Crippen MR) is 46.7 cm³/mol. The molecule has 15 heavy (non-hydrogen) atoms. The number of methoxy groups -OCH3 is 1. The molecule has 0 saturated heterocycles. The average molecular weight is 222 g/mol. The van der Waals surface area contributed by atoms with Gasteiger partial charge in [-0.15, -0.1) is 0 Å². The van der Waals surface area contributed by atoms with Crippen molar-refractivity contribution >= 4 is 11.8 Å². The Hall–Kier alpha value is -1.02. The van der Waals surface area contributed by atoms with Gasteiger partial charge in [-0.25, -0.2) is 4.79 Å². The van der Waals surface area contributed by atoms with Crippen LogP contribution in [0.1, 0.15) is 6.92 Å². The molecule has 0 aromatic rings. The highest BCUT2D eigenvalue weighted by Gasteiger charge is 2.36. The first-order valence-electron chi connectivity index (χ1n) is 4.13. The van der Waals surface area contributed by atoms with E-state index in [4.69, 9.17) is 10.2 Å². The van der Waals surface area contributed by atoms with Crippen molar-refractivity contribution < 1.29 is 34.8 Å². The maximum absolute atomic E-state index is 10.7. The lowest BCUT2D eigenvalue weighted by Gasteiger charge is -2.23. The second-order valence-corrected chi connectivity index (χ2v) is 3.00. The summed E-state index contributed by atoms with van der Waals surface area (Å²) < 4.78 is 4.10. The largest absolute Gasteiger partial charge is 0.467 e. The smallest absolute Gasteiger partial charge is 0.337 e. The van der Waals surface area contributed by atoms with Crippen molar-refractivity contribution in [1.82, 2.24) is 0 Å². The third-order valence-corrected chi connectivity index (χ3v) is 1.86. The maximum Gasteiger partial charge on any atom is 0.337 e. The van der Waals surface area contributed by atoms with Crippen LogP contribution in [-0.2, 0) is 14.3 Å². The van der Waals surface area contributed by atoms with Gasteiger partial charge < -0.3 is 25.2 Å². The van der Waals surface area contributed by atoms with E-state index in [1.54, 1.807) is 0 Å². The zero-order chi connectivity index (χ0) is 12.2. The van der Waals surface area contributed by atoms with Crippen molar-refractivity contribution in [2.75, 3.05) is 7.11 Å². The van der Waals surface area contributed by atoms with Crippen molar-refractivity contribution in [3.8, 4) is 0 Å². The van der Waals surface area contributed by atoms with E-state index < -0.39 is 36.2 Å². The van der Waals surface area contributed by atoms with Crippen molar-refractivity contribution in [3.63, 3.8) is 0 Å². The second kappa shape index (κ2) is 5.76. The van der Waals surface area contributed by atoms with Crippen LogP contribution in [0.5, 0.6) is 0 Å². The monoisotopic (exact) mass is 222 g/mol. The van der Waals surface area contributed by atoms with E-state index in [-0.39, 0.29) is 0 Å². The van der Waals surface area contributed by atoms with Gasteiger partial charge in [-0.05, 0) is 6.92 Å². The molecule has 0 saturated carbocycles. The highest BCUT2D eigenvalue weighted by Crippen LogP contribution is 2.07. The van der Waals surface area contributed by atoms with Crippen LogP contribution in [0.2, 0.25) is 0 Å². The number of esters is 1. The molecule has 0 aliphatic heterocycles. The number of ketones is 1. The molecule has 0 aromatic heterocycles. The molecule has 0 heterocycles. The summed E-state index contributed by atoms with van der Waals surface area (Å²) in [5.41, 5.74) is 0. The number of rotatable bonds is 5. The minimum atomic E-state index is -2.01. The lowest BCUT2D eigenvalue weighted by molar-refractivity contribution is -0.168.